The highest BCUT2D eigenvalue weighted by Gasteiger charge is 2.32. The second-order valence-corrected chi connectivity index (χ2v) is 12.4. The van der Waals surface area contributed by atoms with Gasteiger partial charge in [0.25, 0.3) is 0 Å². The molecule has 1 heterocycles. The van der Waals surface area contributed by atoms with Gasteiger partial charge in [-0.15, -0.1) is 0 Å². The van der Waals surface area contributed by atoms with Crippen molar-refractivity contribution in [3.63, 3.8) is 0 Å². The van der Waals surface area contributed by atoms with Gasteiger partial charge in [0.05, 0.1) is 8.07 Å². The molecule has 3 nitrogen and oxygen atoms in total. The summed E-state index contributed by atoms with van der Waals surface area (Å²) in [5, 5.41) is 1.20. The van der Waals surface area contributed by atoms with Gasteiger partial charge in [0.2, 0.25) is 0 Å². The molecule has 0 saturated heterocycles. The second kappa shape index (κ2) is 4.51. The molecule has 0 fully saturated rings. The number of nitrogens with zero attached hydrogens (tertiary/aromatic N) is 1. The number of hydrogen-bond donors (Lipinski definition) is 0. The van der Waals surface area contributed by atoms with Crippen LogP contribution in [0.1, 0.15) is 38.4 Å². The maximum atomic E-state index is 12.5. The van der Waals surface area contributed by atoms with Crippen molar-refractivity contribution in [2.24, 2.45) is 0 Å². The van der Waals surface area contributed by atoms with Gasteiger partial charge in [0, 0.05) is 11.0 Å². The first-order chi connectivity index (χ1) is 8.59. The lowest BCUT2D eigenvalue weighted by molar-refractivity contribution is 0.0538. The van der Waals surface area contributed by atoms with Crippen molar-refractivity contribution < 1.29 is 9.53 Å². The first-order valence-electron chi connectivity index (χ1n) is 7.07. The number of aromatic nitrogens is 1. The highest BCUT2D eigenvalue weighted by Crippen LogP contribution is 2.24. The SMILES string of the molecule is CC(C)(C)OC(=O)n1c([Si](C)(C)C)cc2c1CCC2. The molecule has 1 aliphatic carbocycles. The monoisotopic (exact) mass is 279 g/mol. The molecule has 0 spiro atoms. The van der Waals surface area contributed by atoms with Crippen LogP contribution in [0.4, 0.5) is 4.79 Å². The first kappa shape index (κ1) is 14.4. The van der Waals surface area contributed by atoms with E-state index in [4.69, 9.17) is 4.74 Å². The molecular formula is C15H25NO2Si. The number of carbonyl (C=O) groups is 1. The van der Waals surface area contributed by atoms with E-state index in [0.29, 0.717) is 0 Å². The van der Waals surface area contributed by atoms with Crippen molar-refractivity contribution >= 4 is 19.5 Å². The summed E-state index contributed by atoms with van der Waals surface area (Å²) in [5.41, 5.74) is 2.10. The number of hydrogen-bond acceptors (Lipinski definition) is 2. The normalized spacial score (nSPS) is 15.5. The van der Waals surface area contributed by atoms with E-state index in [1.165, 1.54) is 16.6 Å². The Hall–Kier alpha value is -1.03. The van der Waals surface area contributed by atoms with Crippen LogP contribution in [0.5, 0.6) is 0 Å². The van der Waals surface area contributed by atoms with Crippen LogP contribution in [-0.2, 0) is 17.6 Å². The maximum Gasteiger partial charge on any atom is 0.418 e. The van der Waals surface area contributed by atoms with E-state index in [0.717, 1.165) is 19.3 Å². The van der Waals surface area contributed by atoms with Crippen LogP contribution in [0.25, 0.3) is 0 Å². The highest BCUT2D eigenvalue weighted by atomic mass is 28.3. The van der Waals surface area contributed by atoms with Crippen LogP contribution in [-0.4, -0.2) is 24.3 Å². The molecule has 0 radical (unpaired) electrons. The zero-order chi connectivity index (χ0) is 14.4. The Morgan fingerprint density at radius 1 is 1.26 bits per heavy atom. The predicted molar refractivity (Wildman–Crippen MR) is 81.1 cm³/mol. The minimum Gasteiger partial charge on any atom is -0.443 e. The highest BCUT2D eigenvalue weighted by molar-refractivity contribution is 6.88. The van der Waals surface area contributed by atoms with Gasteiger partial charge in [0.15, 0.2) is 0 Å². The molecule has 0 atom stereocenters. The molecule has 0 unspecified atom stereocenters. The quantitative estimate of drug-likeness (QED) is 0.739. The molecule has 1 aromatic heterocycles. The fraction of sp³-hybridized carbons (Fsp3) is 0.667. The second-order valence-electron chi connectivity index (χ2n) is 7.42. The topological polar surface area (TPSA) is 31.2 Å². The van der Waals surface area contributed by atoms with Gasteiger partial charge < -0.3 is 4.74 Å². The minimum atomic E-state index is -1.55. The van der Waals surface area contributed by atoms with Gasteiger partial charge in [0.1, 0.15) is 5.60 Å². The number of ether oxygens (including phenoxy) is 1. The molecule has 106 valence electrons. The zero-order valence-electron chi connectivity index (χ0n) is 13.0. The van der Waals surface area contributed by atoms with Gasteiger partial charge in [-0.1, -0.05) is 19.6 Å². The lowest BCUT2D eigenvalue weighted by Crippen LogP contribution is -2.46. The van der Waals surface area contributed by atoms with Crippen LogP contribution in [0, 0.1) is 0 Å². The van der Waals surface area contributed by atoms with Crippen molar-refractivity contribution in [2.45, 2.75) is 65.3 Å². The Morgan fingerprint density at radius 2 is 1.89 bits per heavy atom. The van der Waals surface area contributed by atoms with E-state index in [-0.39, 0.29) is 6.09 Å². The van der Waals surface area contributed by atoms with E-state index in [9.17, 15) is 4.79 Å². The summed E-state index contributed by atoms with van der Waals surface area (Å²) in [6.07, 6.45) is 3.05. The molecule has 1 aromatic rings. The van der Waals surface area contributed by atoms with E-state index in [1.54, 1.807) is 0 Å². The van der Waals surface area contributed by atoms with Gasteiger partial charge >= 0.3 is 6.09 Å². The largest absolute Gasteiger partial charge is 0.443 e. The maximum absolute atomic E-state index is 12.5. The number of aryl methyl sites for hydroxylation is 1. The molecule has 0 amide bonds. The average Bonchev–Trinajstić information content (AvgIpc) is 2.69. The van der Waals surface area contributed by atoms with E-state index in [1.807, 2.05) is 25.3 Å². The summed E-state index contributed by atoms with van der Waals surface area (Å²) in [6, 6.07) is 2.25. The average molecular weight is 279 g/mol. The summed E-state index contributed by atoms with van der Waals surface area (Å²) in [5.74, 6) is 0. The Kier molecular flexibility index (Phi) is 3.41. The smallest absolute Gasteiger partial charge is 0.418 e. The molecule has 2 rings (SSSR count). The third-order valence-corrected chi connectivity index (χ3v) is 5.30. The van der Waals surface area contributed by atoms with Crippen molar-refractivity contribution in [3.05, 3.63) is 17.3 Å². The molecule has 1 aliphatic rings. The minimum absolute atomic E-state index is 0.201. The number of rotatable bonds is 1. The van der Waals surface area contributed by atoms with Gasteiger partial charge in [-0.05, 0) is 51.7 Å². The zero-order valence-corrected chi connectivity index (χ0v) is 14.0. The summed E-state index contributed by atoms with van der Waals surface area (Å²) in [4.78, 5) is 12.5. The Bertz CT molecular complexity index is 503. The summed E-state index contributed by atoms with van der Waals surface area (Å²) in [6.45, 7) is 12.6. The standard InChI is InChI=1S/C15H25NO2Si/c1-15(2,3)18-14(17)16-12-9-7-8-11(12)10-13(16)19(4,5)6/h10H,7-9H2,1-6H3. The van der Waals surface area contributed by atoms with Gasteiger partial charge in [-0.25, -0.2) is 4.79 Å². The van der Waals surface area contributed by atoms with Crippen LogP contribution in [0.3, 0.4) is 0 Å². The van der Waals surface area contributed by atoms with Crippen molar-refractivity contribution in [3.8, 4) is 0 Å². The van der Waals surface area contributed by atoms with Crippen LogP contribution >= 0.6 is 0 Å². The van der Waals surface area contributed by atoms with Gasteiger partial charge in [-0.3, -0.25) is 4.57 Å². The van der Waals surface area contributed by atoms with Gasteiger partial charge in [-0.2, -0.15) is 0 Å². The van der Waals surface area contributed by atoms with E-state index >= 15 is 0 Å². The molecule has 19 heavy (non-hydrogen) atoms. The summed E-state index contributed by atoms with van der Waals surface area (Å²) in [7, 11) is -1.55. The molecule has 0 N–H and O–H groups in total. The number of carbonyl (C=O) groups excluding carboxylic acids is 1. The number of fused-ring (bicyclic) bond motifs is 1. The third-order valence-electron chi connectivity index (χ3n) is 3.40. The van der Waals surface area contributed by atoms with E-state index in [2.05, 4.69) is 25.7 Å². The molecular weight excluding hydrogens is 254 g/mol. The molecule has 0 bridgehead atoms. The lowest BCUT2D eigenvalue weighted by Gasteiger charge is -2.24. The van der Waals surface area contributed by atoms with Crippen molar-refractivity contribution in [1.29, 1.82) is 0 Å². The fourth-order valence-electron chi connectivity index (χ4n) is 2.61. The Balaban J connectivity index is 2.46. The molecule has 0 aromatic carbocycles. The molecule has 4 heteroatoms. The Morgan fingerprint density at radius 3 is 2.42 bits per heavy atom. The first-order valence-corrected chi connectivity index (χ1v) is 10.6. The molecule has 0 saturated carbocycles. The predicted octanol–water partition coefficient (Wildman–Crippen LogP) is 3.31. The van der Waals surface area contributed by atoms with Crippen LogP contribution in [0.15, 0.2) is 6.07 Å². The summed E-state index contributed by atoms with van der Waals surface area (Å²) < 4.78 is 7.46. The van der Waals surface area contributed by atoms with Crippen LogP contribution in [0.2, 0.25) is 19.6 Å². The van der Waals surface area contributed by atoms with Crippen molar-refractivity contribution in [1.82, 2.24) is 4.57 Å². The third kappa shape index (κ3) is 2.94. The van der Waals surface area contributed by atoms with Crippen molar-refractivity contribution in [2.75, 3.05) is 0 Å². The van der Waals surface area contributed by atoms with E-state index < -0.39 is 13.7 Å². The lowest BCUT2D eigenvalue weighted by atomic mass is 10.2. The van der Waals surface area contributed by atoms with Crippen LogP contribution < -0.4 is 5.32 Å². The fourth-order valence-corrected chi connectivity index (χ4v) is 4.11. The Labute approximate surface area is 117 Å². The molecule has 0 aliphatic heterocycles. The summed E-state index contributed by atoms with van der Waals surface area (Å²) >= 11 is 0.